The van der Waals surface area contributed by atoms with Crippen LogP contribution < -0.4 is 11.1 Å². The molecule has 0 radical (unpaired) electrons. The molecule has 15 heavy (non-hydrogen) atoms. The van der Waals surface area contributed by atoms with Crippen molar-refractivity contribution < 1.29 is 4.79 Å². The fraction of sp³-hybridized carbons (Fsp3) is 0.818. The molecule has 2 saturated carbocycles. The Morgan fingerprint density at radius 1 is 1.60 bits per heavy atom. The Kier molecular flexibility index (Phi) is 2.71. The zero-order chi connectivity index (χ0) is 11.1. The largest absolute Gasteiger partial charge is 0.392 e. The van der Waals surface area contributed by atoms with E-state index in [1.807, 2.05) is 0 Å². The van der Waals surface area contributed by atoms with Crippen molar-refractivity contribution in [2.75, 3.05) is 6.54 Å². The molecule has 0 aromatic rings. The van der Waals surface area contributed by atoms with Crippen LogP contribution in [0.5, 0.6) is 0 Å². The average Bonchev–Trinajstić information content (AvgIpc) is 2.75. The summed E-state index contributed by atoms with van der Waals surface area (Å²) in [5.41, 5.74) is 5.15. The summed E-state index contributed by atoms with van der Waals surface area (Å²) in [5.74, 6) is 1.50. The summed E-state index contributed by atoms with van der Waals surface area (Å²) in [6.07, 6.45) is 3.95. The third-order valence-electron chi connectivity index (χ3n) is 3.91. The van der Waals surface area contributed by atoms with Gasteiger partial charge in [0.1, 0.15) is 0 Å². The molecule has 0 spiro atoms. The van der Waals surface area contributed by atoms with Gasteiger partial charge in [-0.1, -0.05) is 25.6 Å². The first-order valence-corrected chi connectivity index (χ1v) is 6.05. The van der Waals surface area contributed by atoms with Gasteiger partial charge in [-0.2, -0.15) is 0 Å². The Morgan fingerprint density at radius 2 is 2.20 bits per heavy atom. The Balaban J connectivity index is 1.86. The molecule has 4 heteroatoms. The maximum Gasteiger partial charge on any atom is 0.233 e. The van der Waals surface area contributed by atoms with Crippen molar-refractivity contribution in [2.45, 2.75) is 32.6 Å². The highest BCUT2D eigenvalue weighted by molar-refractivity contribution is 7.80. The molecular weight excluding hydrogens is 208 g/mol. The lowest BCUT2D eigenvalue weighted by Gasteiger charge is -2.39. The third kappa shape index (κ3) is 1.87. The zero-order valence-electron chi connectivity index (χ0n) is 9.08. The number of rotatable bonds is 4. The van der Waals surface area contributed by atoms with Crippen LogP contribution in [0.4, 0.5) is 0 Å². The van der Waals surface area contributed by atoms with Gasteiger partial charge in [-0.05, 0) is 31.1 Å². The van der Waals surface area contributed by atoms with Crippen molar-refractivity contribution in [3.05, 3.63) is 0 Å². The van der Waals surface area contributed by atoms with Gasteiger partial charge in [0.15, 0.2) is 0 Å². The molecule has 0 aromatic carbocycles. The van der Waals surface area contributed by atoms with E-state index in [1.165, 1.54) is 6.42 Å². The minimum Gasteiger partial charge on any atom is -0.392 e. The van der Waals surface area contributed by atoms with E-state index in [1.54, 1.807) is 0 Å². The second-order valence-electron chi connectivity index (χ2n) is 4.98. The molecule has 3 nitrogen and oxygen atoms in total. The Hall–Kier alpha value is -0.640. The maximum absolute atomic E-state index is 11.9. The molecule has 0 bridgehead atoms. The van der Waals surface area contributed by atoms with Gasteiger partial charge in [-0.3, -0.25) is 4.79 Å². The molecule has 2 rings (SSSR count). The van der Waals surface area contributed by atoms with E-state index in [-0.39, 0.29) is 5.91 Å². The van der Waals surface area contributed by atoms with E-state index in [0.717, 1.165) is 31.7 Å². The maximum atomic E-state index is 11.9. The highest BCUT2D eigenvalue weighted by atomic mass is 32.1. The number of thiocarbonyl (C=S) groups is 1. The van der Waals surface area contributed by atoms with Crippen molar-refractivity contribution in [1.82, 2.24) is 5.32 Å². The summed E-state index contributed by atoms with van der Waals surface area (Å²) in [6, 6.07) is 0. The van der Waals surface area contributed by atoms with Crippen LogP contribution in [-0.4, -0.2) is 17.4 Å². The number of hydrogen-bond donors (Lipinski definition) is 2. The highest BCUT2D eigenvalue weighted by Crippen LogP contribution is 2.42. The Labute approximate surface area is 95.8 Å². The topological polar surface area (TPSA) is 55.1 Å². The predicted molar refractivity (Wildman–Crippen MR) is 63.4 cm³/mol. The monoisotopic (exact) mass is 226 g/mol. The lowest BCUT2D eigenvalue weighted by molar-refractivity contribution is -0.130. The summed E-state index contributed by atoms with van der Waals surface area (Å²) in [5, 5.41) is 2.99. The summed E-state index contributed by atoms with van der Waals surface area (Å²) in [4.78, 5) is 12.3. The van der Waals surface area contributed by atoms with E-state index in [4.69, 9.17) is 18.0 Å². The molecule has 2 fully saturated rings. The normalized spacial score (nSPS) is 31.5. The number of carbonyl (C=O) groups is 1. The molecule has 2 aliphatic carbocycles. The molecule has 0 aliphatic heterocycles. The van der Waals surface area contributed by atoms with Gasteiger partial charge in [-0.15, -0.1) is 0 Å². The second-order valence-corrected chi connectivity index (χ2v) is 5.42. The minimum absolute atomic E-state index is 0.0559. The fourth-order valence-corrected chi connectivity index (χ4v) is 2.49. The van der Waals surface area contributed by atoms with E-state index >= 15 is 0 Å². The molecule has 3 N–H and O–H groups in total. The van der Waals surface area contributed by atoms with Crippen molar-refractivity contribution in [3.63, 3.8) is 0 Å². The predicted octanol–water partition coefficient (Wildman–Crippen LogP) is 1.21. The summed E-state index contributed by atoms with van der Waals surface area (Å²) < 4.78 is 0. The first-order chi connectivity index (χ1) is 7.06. The molecule has 2 aliphatic rings. The second kappa shape index (κ2) is 3.74. The molecule has 84 valence electrons. The Bertz CT molecular complexity index is 299. The summed E-state index contributed by atoms with van der Waals surface area (Å²) in [7, 11) is 0. The van der Waals surface area contributed by atoms with Gasteiger partial charge in [-0.25, -0.2) is 0 Å². The van der Waals surface area contributed by atoms with Crippen LogP contribution in [-0.2, 0) is 4.79 Å². The highest BCUT2D eigenvalue weighted by Gasteiger charge is 2.47. The molecule has 1 amide bonds. The molecular formula is C11H18N2OS. The summed E-state index contributed by atoms with van der Waals surface area (Å²) in [6.45, 7) is 3.01. The van der Waals surface area contributed by atoms with Gasteiger partial charge in [0.05, 0.1) is 10.4 Å². The molecule has 2 unspecified atom stereocenters. The quantitative estimate of drug-likeness (QED) is 0.709. The fourth-order valence-electron chi connectivity index (χ4n) is 2.19. The minimum atomic E-state index is -0.506. The van der Waals surface area contributed by atoms with Crippen LogP contribution in [0.25, 0.3) is 0 Å². The van der Waals surface area contributed by atoms with Crippen LogP contribution in [0, 0.1) is 17.3 Å². The van der Waals surface area contributed by atoms with Gasteiger partial charge in [0, 0.05) is 6.54 Å². The van der Waals surface area contributed by atoms with Gasteiger partial charge >= 0.3 is 0 Å². The number of nitrogens with one attached hydrogen (secondary N) is 1. The van der Waals surface area contributed by atoms with Crippen molar-refractivity contribution in [2.24, 2.45) is 23.0 Å². The van der Waals surface area contributed by atoms with Gasteiger partial charge < -0.3 is 11.1 Å². The van der Waals surface area contributed by atoms with Crippen molar-refractivity contribution >= 4 is 23.1 Å². The Morgan fingerprint density at radius 3 is 2.53 bits per heavy atom. The van der Waals surface area contributed by atoms with E-state index in [2.05, 4.69) is 12.2 Å². The lowest BCUT2D eigenvalue weighted by Crippen LogP contribution is -2.53. The smallest absolute Gasteiger partial charge is 0.233 e. The average molecular weight is 226 g/mol. The molecule has 2 atom stereocenters. The van der Waals surface area contributed by atoms with E-state index in [0.29, 0.717) is 10.9 Å². The number of amides is 1. The van der Waals surface area contributed by atoms with Crippen molar-refractivity contribution in [3.8, 4) is 0 Å². The van der Waals surface area contributed by atoms with Gasteiger partial charge in [0.25, 0.3) is 0 Å². The first kappa shape index (κ1) is 10.9. The number of hydrogen-bond acceptors (Lipinski definition) is 2. The zero-order valence-corrected chi connectivity index (χ0v) is 9.90. The third-order valence-corrected chi connectivity index (χ3v) is 4.31. The van der Waals surface area contributed by atoms with Crippen LogP contribution in [0.2, 0.25) is 0 Å². The van der Waals surface area contributed by atoms with Crippen LogP contribution in [0.15, 0.2) is 0 Å². The molecule has 0 aromatic heterocycles. The number of carbonyl (C=O) groups excluding carboxylic acids is 1. The first-order valence-electron chi connectivity index (χ1n) is 5.64. The van der Waals surface area contributed by atoms with Crippen molar-refractivity contribution in [1.29, 1.82) is 0 Å². The molecule has 0 heterocycles. The van der Waals surface area contributed by atoms with E-state index in [9.17, 15) is 4.79 Å². The van der Waals surface area contributed by atoms with Crippen LogP contribution in [0.1, 0.15) is 32.6 Å². The van der Waals surface area contributed by atoms with Crippen LogP contribution >= 0.6 is 12.2 Å². The van der Waals surface area contributed by atoms with Gasteiger partial charge in [0.2, 0.25) is 5.91 Å². The molecule has 0 saturated heterocycles. The lowest BCUT2D eigenvalue weighted by atomic mass is 9.68. The van der Waals surface area contributed by atoms with Crippen LogP contribution in [0.3, 0.4) is 0 Å². The number of nitrogens with two attached hydrogens (primary N) is 1. The SMILES string of the molecule is CC1CC1CNC(=O)C1(C(N)=S)CCC1. The summed E-state index contributed by atoms with van der Waals surface area (Å²) >= 11 is 4.99. The standard InChI is InChI=1S/C11H18N2OS/c1-7-5-8(7)6-13-10(14)11(9(12)15)3-2-4-11/h7-8H,2-6H2,1H3,(H2,12,15)(H,13,14). The van der Waals surface area contributed by atoms with E-state index < -0.39 is 5.41 Å².